The fourth-order valence-corrected chi connectivity index (χ4v) is 1.70. The first-order chi connectivity index (χ1) is 8.71. The Morgan fingerprint density at radius 3 is 2.05 bits per heavy atom. The molecule has 0 bridgehead atoms. The molecule has 1 atom stereocenters. The number of benzene rings is 1. The molecule has 6 heteroatoms. The van der Waals surface area contributed by atoms with Crippen LogP contribution in [-0.4, -0.2) is 12.5 Å². The molecule has 19 heavy (non-hydrogen) atoms. The lowest BCUT2D eigenvalue weighted by Gasteiger charge is -2.28. The molecule has 106 valence electrons. The molecule has 0 aliphatic rings. The molecule has 1 aromatic carbocycles. The molecule has 0 saturated carbocycles. The van der Waals surface area contributed by atoms with E-state index >= 15 is 0 Å². The molecular weight excluding hydrogens is 257 g/mol. The molecule has 0 aliphatic heterocycles. The molecule has 1 aromatic rings. The monoisotopic (exact) mass is 274 g/mol. The van der Waals surface area contributed by atoms with Crippen molar-refractivity contribution in [3.63, 3.8) is 0 Å². The number of hydrogen-bond donors (Lipinski definition) is 2. The summed E-state index contributed by atoms with van der Waals surface area (Å²) < 4.78 is 37.4. The SMILES string of the molecule is CCCNC(C)(C(N)=O)c1ccc(C(F)(F)F)cc1. The number of carbonyl (C=O) groups is 1. The predicted octanol–water partition coefficient (Wildman–Crippen LogP) is 2.41. The smallest absolute Gasteiger partial charge is 0.368 e. The lowest BCUT2D eigenvalue weighted by atomic mass is 9.90. The van der Waals surface area contributed by atoms with E-state index in [0.29, 0.717) is 12.1 Å². The molecule has 0 aliphatic carbocycles. The molecule has 0 fully saturated rings. The van der Waals surface area contributed by atoms with Crippen LogP contribution in [0.5, 0.6) is 0 Å². The Balaban J connectivity index is 3.08. The minimum atomic E-state index is -4.39. The Bertz CT molecular complexity index is 442. The fraction of sp³-hybridized carbons (Fsp3) is 0.462. The van der Waals surface area contributed by atoms with Gasteiger partial charge in [0, 0.05) is 0 Å². The molecule has 3 N–H and O–H groups in total. The second-order valence-corrected chi connectivity index (χ2v) is 4.49. The highest BCUT2D eigenvalue weighted by Crippen LogP contribution is 2.30. The zero-order valence-corrected chi connectivity index (χ0v) is 10.8. The van der Waals surface area contributed by atoms with Crippen molar-refractivity contribution in [1.82, 2.24) is 5.32 Å². The van der Waals surface area contributed by atoms with Gasteiger partial charge in [-0.3, -0.25) is 10.1 Å². The van der Waals surface area contributed by atoms with E-state index < -0.39 is 23.2 Å². The first-order valence-corrected chi connectivity index (χ1v) is 5.94. The lowest BCUT2D eigenvalue weighted by Crippen LogP contribution is -2.50. The van der Waals surface area contributed by atoms with Crippen LogP contribution in [-0.2, 0) is 16.5 Å². The highest BCUT2D eigenvalue weighted by Gasteiger charge is 2.34. The summed E-state index contributed by atoms with van der Waals surface area (Å²) in [6.45, 7) is 4.02. The Labute approximate surface area is 110 Å². The van der Waals surface area contributed by atoms with Crippen LogP contribution >= 0.6 is 0 Å². The average molecular weight is 274 g/mol. The zero-order chi connectivity index (χ0) is 14.7. The number of nitrogens with one attached hydrogen (secondary N) is 1. The molecule has 1 amide bonds. The van der Waals surface area contributed by atoms with E-state index in [-0.39, 0.29) is 0 Å². The second kappa shape index (κ2) is 5.61. The van der Waals surface area contributed by atoms with Crippen molar-refractivity contribution in [2.75, 3.05) is 6.54 Å². The van der Waals surface area contributed by atoms with E-state index in [1.807, 2.05) is 6.92 Å². The van der Waals surface area contributed by atoms with Gasteiger partial charge in [0.2, 0.25) is 5.91 Å². The maximum Gasteiger partial charge on any atom is 0.416 e. The molecule has 1 unspecified atom stereocenters. The van der Waals surface area contributed by atoms with E-state index in [2.05, 4.69) is 5.32 Å². The van der Waals surface area contributed by atoms with Gasteiger partial charge in [0.25, 0.3) is 0 Å². The Kier molecular flexibility index (Phi) is 4.57. The van der Waals surface area contributed by atoms with E-state index in [1.54, 1.807) is 6.92 Å². The number of nitrogens with two attached hydrogens (primary N) is 1. The van der Waals surface area contributed by atoms with Crippen LogP contribution in [0.1, 0.15) is 31.4 Å². The van der Waals surface area contributed by atoms with Gasteiger partial charge in [-0.05, 0) is 37.6 Å². The number of alkyl halides is 3. The quantitative estimate of drug-likeness (QED) is 0.866. The predicted molar refractivity (Wildman–Crippen MR) is 66.3 cm³/mol. The minimum absolute atomic E-state index is 0.418. The van der Waals surface area contributed by atoms with Gasteiger partial charge in [0.05, 0.1) is 5.56 Å². The van der Waals surface area contributed by atoms with Crippen molar-refractivity contribution in [3.8, 4) is 0 Å². The van der Waals surface area contributed by atoms with Crippen molar-refractivity contribution < 1.29 is 18.0 Å². The normalized spacial score (nSPS) is 15.0. The summed E-state index contributed by atoms with van der Waals surface area (Å²) in [6.07, 6.45) is -3.61. The van der Waals surface area contributed by atoms with E-state index in [1.165, 1.54) is 12.1 Å². The van der Waals surface area contributed by atoms with Gasteiger partial charge in [0.1, 0.15) is 5.54 Å². The van der Waals surface area contributed by atoms with Crippen molar-refractivity contribution in [3.05, 3.63) is 35.4 Å². The van der Waals surface area contributed by atoms with Crippen molar-refractivity contribution in [2.24, 2.45) is 5.73 Å². The number of carbonyl (C=O) groups excluding carboxylic acids is 1. The first-order valence-electron chi connectivity index (χ1n) is 5.94. The molecule has 1 rings (SSSR count). The van der Waals surface area contributed by atoms with E-state index in [4.69, 9.17) is 5.73 Å². The zero-order valence-electron chi connectivity index (χ0n) is 10.8. The van der Waals surface area contributed by atoms with Crippen LogP contribution in [0.25, 0.3) is 0 Å². The topological polar surface area (TPSA) is 55.1 Å². The Morgan fingerprint density at radius 1 is 1.21 bits per heavy atom. The number of primary amides is 1. The van der Waals surface area contributed by atoms with Crippen LogP contribution in [0.4, 0.5) is 13.2 Å². The highest BCUT2D eigenvalue weighted by atomic mass is 19.4. The van der Waals surface area contributed by atoms with Crippen molar-refractivity contribution >= 4 is 5.91 Å². The summed E-state index contributed by atoms with van der Waals surface area (Å²) >= 11 is 0. The van der Waals surface area contributed by atoms with Gasteiger partial charge in [-0.1, -0.05) is 19.1 Å². The summed E-state index contributed by atoms with van der Waals surface area (Å²) in [5.41, 5.74) is 3.84. The standard InChI is InChI=1S/C13H17F3N2O/c1-3-8-18-12(2,11(17)19)9-4-6-10(7-5-9)13(14,15)16/h4-7,18H,3,8H2,1-2H3,(H2,17,19). The molecule has 0 heterocycles. The van der Waals surface area contributed by atoms with Crippen molar-refractivity contribution in [1.29, 1.82) is 0 Å². The number of amides is 1. The largest absolute Gasteiger partial charge is 0.416 e. The van der Waals surface area contributed by atoms with Crippen LogP contribution < -0.4 is 11.1 Å². The molecule has 0 saturated heterocycles. The van der Waals surface area contributed by atoms with E-state index in [0.717, 1.165) is 18.6 Å². The van der Waals surface area contributed by atoms with Gasteiger partial charge in [0.15, 0.2) is 0 Å². The van der Waals surface area contributed by atoms with Crippen molar-refractivity contribution in [2.45, 2.75) is 32.0 Å². The summed E-state index contributed by atoms with van der Waals surface area (Å²) in [5.74, 6) is -0.624. The number of rotatable bonds is 5. The average Bonchev–Trinajstić information content (AvgIpc) is 2.34. The Morgan fingerprint density at radius 2 is 1.68 bits per heavy atom. The maximum atomic E-state index is 12.5. The van der Waals surface area contributed by atoms with Gasteiger partial charge in [-0.25, -0.2) is 0 Å². The summed E-state index contributed by atoms with van der Waals surface area (Å²) in [5, 5.41) is 2.96. The van der Waals surface area contributed by atoms with Gasteiger partial charge in [-0.2, -0.15) is 13.2 Å². The van der Waals surface area contributed by atoms with Crippen LogP contribution in [0, 0.1) is 0 Å². The molecule has 0 spiro atoms. The van der Waals surface area contributed by atoms with Gasteiger partial charge in [-0.15, -0.1) is 0 Å². The molecular formula is C13H17F3N2O. The molecule has 0 aromatic heterocycles. The maximum absolute atomic E-state index is 12.5. The highest BCUT2D eigenvalue weighted by molar-refractivity contribution is 5.85. The summed E-state index contributed by atoms with van der Waals surface area (Å²) in [6, 6.07) is 4.45. The third-order valence-corrected chi connectivity index (χ3v) is 3.01. The molecule has 0 radical (unpaired) electrons. The van der Waals surface area contributed by atoms with Crippen LogP contribution in [0.15, 0.2) is 24.3 Å². The minimum Gasteiger partial charge on any atom is -0.368 e. The number of halogens is 3. The first kappa shape index (κ1) is 15.5. The molecule has 3 nitrogen and oxygen atoms in total. The van der Waals surface area contributed by atoms with E-state index in [9.17, 15) is 18.0 Å². The van der Waals surface area contributed by atoms with Gasteiger partial charge < -0.3 is 5.73 Å². The number of hydrogen-bond acceptors (Lipinski definition) is 2. The lowest BCUT2D eigenvalue weighted by molar-refractivity contribution is -0.137. The van der Waals surface area contributed by atoms with Crippen LogP contribution in [0.3, 0.4) is 0 Å². The van der Waals surface area contributed by atoms with Crippen LogP contribution in [0.2, 0.25) is 0 Å². The Hall–Kier alpha value is -1.56. The van der Waals surface area contributed by atoms with Gasteiger partial charge >= 0.3 is 6.18 Å². The second-order valence-electron chi connectivity index (χ2n) is 4.49. The summed E-state index contributed by atoms with van der Waals surface area (Å²) in [7, 11) is 0. The third kappa shape index (κ3) is 3.47. The summed E-state index contributed by atoms with van der Waals surface area (Å²) in [4.78, 5) is 11.5. The third-order valence-electron chi connectivity index (χ3n) is 3.01. The fourth-order valence-electron chi connectivity index (χ4n) is 1.70.